The van der Waals surface area contributed by atoms with E-state index >= 15 is 0 Å². The molecule has 0 aliphatic carbocycles. The lowest BCUT2D eigenvalue weighted by Crippen LogP contribution is -2.35. The highest BCUT2D eigenvalue weighted by Crippen LogP contribution is 2.22. The third-order valence-corrected chi connectivity index (χ3v) is 7.09. The zero-order valence-electron chi connectivity index (χ0n) is 17.7. The van der Waals surface area contributed by atoms with Crippen molar-refractivity contribution in [1.82, 2.24) is 19.5 Å². The lowest BCUT2D eigenvalue weighted by atomic mass is 10.2. The topological polar surface area (TPSA) is 123 Å². The lowest BCUT2D eigenvalue weighted by molar-refractivity contribution is -0.119. The van der Waals surface area contributed by atoms with Crippen molar-refractivity contribution in [3.8, 4) is 0 Å². The van der Waals surface area contributed by atoms with Gasteiger partial charge in [0.15, 0.2) is 0 Å². The van der Waals surface area contributed by atoms with Crippen molar-refractivity contribution < 1.29 is 13.2 Å². The van der Waals surface area contributed by atoms with Crippen LogP contribution in [-0.2, 0) is 21.4 Å². The highest BCUT2D eigenvalue weighted by atomic mass is 35.5. The van der Waals surface area contributed by atoms with Crippen molar-refractivity contribution in [3.05, 3.63) is 80.4 Å². The van der Waals surface area contributed by atoms with Crippen LogP contribution in [0.4, 0.5) is 5.69 Å². The van der Waals surface area contributed by atoms with Gasteiger partial charge in [0, 0.05) is 11.9 Å². The number of halogens is 2. The number of anilines is 1. The molecule has 1 atom stereocenters. The molecular weight excluding hydrogens is 489 g/mol. The predicted octanol–water partition coefficient (Wildman–Crippen LogP) is 3.32. The molecule has 0 saturated carbocycles. The molecule has 0 fully saturated rings. The summed E-state index contributed by atoms with van der Waals surface area (Å²) in [6.07, 6.45) is 2.99. The Kier molecular flexibility index (Phi) is 7.85. The SMILES string of the molecule is CCC(C(=O)Nc1ccc(C)c(S(=O)(=O)NCc2ccccn2)c1)n1ncc(Cl)c(Cl)c1=O. The third-order valence-electron chi connectivity index (χ3n) is 4.80. The van der Waals surface area contributed by atoms with Gasteiger partial charge in [0.25, 0.3) is 5.56 Å². The maximum Gasteiger partial charge on any atom is 0.287 e. The monoisotopic (exact) mass is 509 g/mol. The standard InChI is InChI=1S/C21H21Cl2N5O4S/c1-3-17(28-21(30)19(23)16(22)12-25-28)20(29)27-14-8-7-13(2)18(10-14)33(31,32)26-11-15-6-4-5-9-24-15/h4-10,12,17,26H,3,11H2,1-2H3,(H,27,29). The fourth-order valence-electron chi connectivity index (χ4n) is 3.06. The van der Waals surface area contributed by atoms with Crippen molar-refractivity contribution in [1.29, 1.82) is 0 Å². The van der Waals surface area contributed by atoms with Crippen molar-refractivity contribution in [2.45, 2.75) is 37.8 Å². The molecule has 9 nitrogen and oxygen atoms in total. The Hall–Kier alpha value is -2.79. The van der Waals surface area contributed by atoms with E-state index in [4.69, 9.17) is 23.2 Å². The Bertz CT molecular complexity index is 1330. The predicted molar refractivity (Wildman–Crippen MR) is 126 cm³/mol. The molecule has 0 bridgehead atoms. The maximum atomic E-state index is 12.9. The summed E-state index contributed by atoms with van der Waals surface area (Å²) < 4.78 is 29.2. The Morgan fingerprint density at radius 1 is 1.21 bits per heavy atom. The van der Waals surface area contributed by atoms with E-state index in [2.05, 4.69) is 20.1 Å². The normalized spacial score (nSPS) is 12.4. The fourth-order valence-corrected chi connectivity index (χ4v) is 4.59. The van der Waals surface area contributed by atoms with E-state index in [0.29, 0.717) is 11.3 Å². The molecule has 3 aromatic rings. The quantitative estimate of drug-likeness (QED) is 0.479. The maximum absolute atomic E-state index is 12.9. The molecule has 1 aromatic carbocycles. The first kappa shape index (κ1) is 24.8. The van der Waals surface area contributed by atoms with Crippen LogP contribution in [0.3, 0.4) is 0 Å². The van der Waals surface area contributed by atoms with Gasteiger partial charge < -0.3 is 5.32 Å². The van der Waals surface area contributed by atoms with E-state index in [1.165, 1.54) is 12.3 Å². The minimum Gasteiger partial charge on any atom is -0.324 e. The highest BCUT2D eigenvalue weighted by molar-refractivity contribution is 7.89. The van der Waals surface area contributed by atoms with Gasteiger partial charge in [-0.1, -0.05) is 42.3 Å². The van der Waals surface area contributed by atoms with E-state index in [-0.39, 0.29) is 33.6 Å². The number of amides is 1. The molecule has 0 aliphatic heterocycles. The summed E-state index contributed by atoms with van der Waals surface area (Å²) in [5.74, 6) is -0.556. The minimum absolute atomic E-state index is 0.00843. The number of nitrogens with zero attached hydrogens (tertiary/aromatic N) is 3. The first-order chi connectivity index (χ1) is 15.6. The largest absolute Gasteiger partial charge is 0.324 e. The Morgan fingerprint density at radius 2 is 1.97 bits per heavy atom. The number of carbonyl (C=O) groups is 1. The number of pyridine rings is 1. The Morgan fingerprint density at radius 3 is 2.64 bits per heavy atom. The molecule has 0 aliphatic rings. The van der Waals surface area contributed by atoms with Gasteiger partial charge in [-0.15, -0.1) is 0 Å². The van der Waals surface area contributed by atoms with Crippen molar-refractivity contribution in [2.24, 2.45) is 0 Å². The second kappa shape index (κ2) is 10.4. The molecule has 0 saturated heterocycles. The van der Waals surface area contributed by atoms with Crippen LogP contribution in [0.25, 0.3) is 0 Å². The fraction of sp³-hybridized carbons (Fsp3) is 0.238. The summed E-state index contributed by atoms with van der Waals surface area (Å²) in [5, 5.41) is 6.31. The Labute approximate surface area is 200 Å². The Balaban J connectivity index is 1.83. The van der Waals surface area contributed by atoms with Gasteiger partial charge in [-0.05, 0) is 43.2 Å². The molecule has 0 radical (unpaired) electrons. The number of nitrogens with one attached hydrogen (secondary N) is 2. The molecule has 1 amide bonds. The summed E-state index contributed by atoms with van der Waals surface area (Å²) in [5.41, 5.74) is 0.608. The molecule has 33 heavy (non-hydrogen) atoms. The molecule has 1 unspecified atom stereocenters. The number of rotatable bonds is 8. The zero-order valence-corrected chi connectivity index (χ0v) is 20.1. The summed E-state index contributed by atoms with van der Waals surface area (Å²) in [6.45, 7) is 3.37. The van der Waals surface area contributed by atoms with Gasteiger partial charge >= 0.3 is 0 Å². The lowest BCUT2D eigenvalue weighted by Gasteiger charge is -2.18. The number of aromatic nitrogens is 3. The van der Waals surface area contributed by atoms with Crippen LogP contribution in [0.2, 0.25) is 10.0 Å². The summed E-state index contributed by atoms with van der Waals surface area (Å²) >= 11 is 11.7. The van der Waals surface area contributed by atoms with E-state index < -0.39 is 27.5 Å². The number of sulfonamides is 1. The van der Waals surface area contributed by atoms with Crippen LogP contribution in [0.1, 0.15) is 30.6 Å². The second-order valence-corrected chi connectivity index (χ2v) is 9.62. The number of aryl methyl sites for hydroxylation is 1. The molecule has 0 spiro atoms. The van der Waals surface area contributed by atoms with Crippen LogP contribution in [0.15, 0.2) is 58.5 Å². The van der Waals surface area contributed by atoms with Crippen LogP contribution >= 0.6 is 23.2 Å². The van der Waals surface area contributed by atoms with Crippen LogP contribution < -0.4 is 15.6 Å². The average Bonchev–Trinajstić information content (AvgIpc) is 2.80. The molecule has 2 N–H and O–H groups in total. The van der Waals surface area contributed by atoms with E-state index in [9.17, 15) is 18.0 Å². The molecule has 174 valence electrons. The van der Waals surface area contributed by atoms with Gasteiger partial charge in [-0.25, -0.2) is 17.8 Å². The number of hydrogen-bond donors (Lipinski definition) is 2. The van der Waals surface area contributed by atoms with Gasteiger partial charge in [-0.2, -0.15) is 5.10 Å². The molecule has 12 heteroatoms. The van der Waals surface area contributed by atoms with Crippen LogP contribution in [0.5, 0.6) is 0 Å². The summed E-state index contributed by atoms with van der Waals surface area (Å²) in [6, 6.07) is 8.73. The second-order valence-electron chi connectivity index (χ2n) is 7.10. The number of hydrogen-bond acceptors (Lipinski definition) is 6. The van der Waals surface area contributed by atoms with Crippen LogP contribution in [0, 0.1) is 6.92 Å². The van der Waals surface area contributed by atoms with E-state index in [0.717, 1.165) is 4.68 Å². The van der Waals surface area contributed by atoms with Crippen molar-refractivity contribution in [2.75, 3.05) is 5.32 Å². The summed E-state index contributed by atoms with van der Waals surface area (Å²) in [7, 11) is -3.88. The first-order valence-electron chi connectivity index (χ1n) is 9.88. The van der Waals surface area contributed by atoms with Gasteiger partial charge in [0.05, 0.1) is 28.4 Å². The molecule has 3 rings (SSSR count). The van der Waals surface area contributed by atoms with Crippen LogP contribution in [-0.4, -0.2) is 29.1 Å². The molecule has 2 heterocycles. The highest BCUT2D eigenvalue weighted by Gasteiger charge is 2.24. The number of carbonyl (C=O) groups excluding carboxylic acids is 1. The van der Waals surface area contributed by atoms with Gasteiger partial charge in [0.2, 0.25) is 15.9 Å². The molecular formula is C21H21Cl2N5O4S. The number of benzene rings is 1. The van der Waals surface area contributed by atoms with E-state index in [1.54, 1.807) is 50.4 Å². The third kappa shape index (κ3) is 5.77. The van der Waals surface area contributed by atoms with Gasteiger partial charge in [0.1, 0.15) is 11.1 Å². The van der Waals surface area contributed by atoms with E-state index in [1.807, 2.05) is 0 Å². The smallest absolute Gasteiger partial charge is 0.287 e. The van der Waals surface area contributed by atoms with Crippen molar-refractivity contribution in [3.63, 3.8) is 0 Å². The van der Waals surface area contributed by atoms with Gasteiger partial charge in [-0.3, -0.25) is 14.6 Å². The first-order valence-corrected chi connectivity index (χ1v) is 12.1. The zero-order chi connectivity index (χ0) is 24.2. The molecule has 2 aromatic heterocycles. The van der Waals surface area contributed by atoms with Crippen molar-refractivity contribution >= 4 is 44.8 Å². The minimum atomic E-state index is -3.88. The summed E-state index contributed by atoms with van der Waals surface area (Å²) in [4.78, 5) is 29.4. The average molecular weight is 510 g/mol.